The molecule has 8 nitrogen and oxygen atoms in total. The van der Waals surface area contributed by atoms with Crippen molar-refractivity contribution in [3.8, 4) is 0 Å². The van der Waals surface area contributed by atoms with E-state index in [-0.39, 0.29) is 25.4 Å². The van der Waals surface area contributed by atoms with Gasteiger partial charge in [0.25, 0.3) is 0 Å². The van der Waals surface area contributed by atoms with E-state index in [1.165, 1.54) is 13.8 Å². The Hall–Kier alpha value is -2.39. The standard InChI is InChI=1S/C21H25BrO8/c1-4-26-21(25)19(9-15-7-5-6-8-18(15)22)30-20-11-16(28-14(3)24)10-17(29-20)12-27-13(2)23/h5-9,16-17,20H,4,10-12H2,1-3H3/b19-9-. The van der Waals surface area contributed by atoms with Gasteiger partial charge >= 0.3 is 17.9 Å². The summed E-state index contributed by atoms with van der Waals surface area (Å²) < 4.78 is 27.8. The van der Waals surface area contributed by atoms with E-state index in [2.05, 4.69) is 15.9 Å². The Morgan fingerprint density at radius 3 is 2.47 bits per heavy atom. The molecule has 30 heavy (non-hydrogen) atoms. The molecule has 1 aliphatic heterocycles. The van der Waals surface area contributed by atoms with Crippen LogP contribution in [0.25, 0.3) is 6.08 Å². The Kier molecular flexibility index (Phi) is 9.32. The number of halogens is 1. The van der Waals surface area contributed by atoms with Crippen LogP contribution in [-0.4, -0.2) is 49.6 Å². The van der Waals surface area contributed by atoms with Crippen molar-refractivity contribution in [1.82, 2.24) is 0 Å². The molecule has 0 spiro atoms. The third-order valence-electron chi connectivity index (χ3n) is 4.06. The Bertz CT molecular complexity index is 791. The minimum Gasteiger partial charge on any atom is -0.463 e. The second-order valence-electron chi connectivity index (χ2n) is 6.56. The number of hydrogen-bond acceptors (Lipinski definition) is 8. The summed E-state index contributed by atoms with van der Waals surface area (Å²) in [5.74, 6) is -1.60. The van der Waals surface area contributed by atoms with Crippen LogP contribution in [0.15, 0.2) is 34.5 Å². The Morgan fingerprint density at radius 2 is 1.83 bits per heavy atom. The van der Waals surface area contributed by atoms with Crippen LogP contribution in [0.1, 0.15) is 39.2 Å². The Morgan fingerprint density at radius 1 is 1.10 bits per heavy atom. The first-order valence-electron chi connectivity index (χ1n) is 9.54. The summed E-state index contributed by atoms with van der Waals surface area (Å²) in [6, 6.07) is 7.30. The molecule has 1 heterocycles. The van der Waals surface area contributed by atoms with Gasteiger partial charge in [-0.25, -0.2) is 4.79 Å². The monoisotopic (exact) mass is 484 g/mol. The first-order chi connectivity index (χ1) is 14.3. The summed E-state index contributed by atoms with van der Waals surface area (Å²) in [5.41, 5.74) is 0.712. The van der Waals surface area contributed by atoms with Gasteiger partial charge in [-0.2, -0.15) is 0 Å². The van der Waals surface area contributed by atoms with Crippen LogP contribution in [0.3, 0.4) is 0 Å². The molecule has 1 aromatic carbocycles. The molecule has 1 saturated heterocycles. The molecule has 0 amide bonds. The van der Waals surface area contributed by atoms with E-state index in [9.17, 15) is 14.4 Å². The molecule has 1 fully saturated rings. The molecule has 3 atom stereocenters. The SMILES string of the molecule is CCOC(=O)/C(=C/c1ccccc1Br)OC1CC(OC(C)=O)CC(COC(C)=O)O1. The molecule has 0 aliphatic carbocycles. The lowest BCUT2D eigenvalue weighted by Crippen LogP contribution is -2.41. The highest BCUT2D eigenvalue weighted by atomic mass is 79.9. The van der Waals surface area contributed by atoms with Crippen molar-refractivity contribution >= 4 is 39.9 Å². The van der Waals surface area contributed by atoms with Crippen LogP contribution >= 0.6 is 15.9 Å². The van der Waals surface area contributed by atoms with Gasteiger partial charge in [-0.3, -0.25) is 9.59 Å². The average Bonchev–Trinajstić information content (AvgIpc) is 2.67. The Balaban J connectivity index is 2.22. The predicted octanol–water partition coefficient (Wildman–Crippen LogP) is 3.37. The predicted molar refractivity (Wildman–Crippen MR) is 110 cm³/mol. The van der Waals surface area contributed by atoms with Gasteiger partial charge in [-0.1, -0.05) is 34.1 Å². The van der Waals surface area contributed by atoms with E-state index in [0.29, 0.717) is 12.0 Å². The van der Waals surface area contributed by atoms with Gasteiger partial charge in [-0.05, 0) is 24.6 Å². The molecule has 0 saturated carbocycles. The molecule has 0 radical (unpaired) electrons. The first kappa shape index (κ1) is 23.9. The maximum atomic E-state index is 12.4. The smallest absolute Gasteiger partial charge is 0.373 e. The van der Waals surface area contributed by atoms with Gasteiger partial charge in [0, 0.05) is 31.2 Å². The van der Waals surface area contributed by atoms with Crippen LogP contribution in [-0.2, 0) is 38.1 Å². The molecular formula is C21H25BrO8. The quantitative estimate of drug-likeness (QED) is 0.239. The van der Waals surface area contributed by atoms with E-state index in [4.69, 9.17) is 23.7 Å². The van der Waals surface area contributed by atoms with E-state index in [1.54, 1.807) is 19.1 Å². The Labute approximate surface area is 183 Å². The van der Waals surface area contributed by atoms with Crippen molar-refractivity contribution in [2.45, 2.75) is 52.1 Å². The van der Waals surface area contributed by atoms with Crippen LogP contribution < -0.4 is 0 Å². The summed E-state index contributed by atoms with van der Waals surface area (Å²) in [4.78, 5) is 35.0. The zero-order valence-corrected chi connectivity index (χ0v) is 18.7. The number of hydrogen-bond donors (Lipinski definition) is 0. The number of esters is 3. The maximum Gasteiger partial charge on any atom is 0.373 e. The highest BCUT2D eigenvalue weighted by Gasteiger charge is 2.34. The lowest BCUT2D eigenvalue weighted by atomic mass is 10.1. The van der Waals surface area contributed by atoms with E-state index in [0.717, 1.165) is 4.47 Å². The molecule has 164 valence electrons. The highest BCUT2D eigenvalue weighted by molar-refractivity contribution is 9.10. The van der Waals surface area contributed by atoms with Crippen molar-refractivity contribution in [2.24, 2.45) is 0 Å². The molecule has 0 N–H and O–H groups in total. The highest BCUT2D eigenvalue weighted by Crippen LogP contribution is 2.27. The maximum absolute atomic E-state index is 12.4. The van der Waals surface area contributed by atoms with Crippen molar-refractivity contribution in [3.05, 3.63) is 40.1 Å². The zero-order valence-electron chi connectivity index (χ0n) is 17.1. The lowest BCUT2D eigenvalue weighted by Gasteiger charge is -2.34. The van der Waals surface area contributed by atoms with Crippen LogP contribution in [0.5, 0.6) is 0 Å². The lowest BCUT2D eigenvalue weighted by molar-refractivity contribution is -0.218. The molecule has 2 rings (SSSR count). The number of benzene rings is 1. The molecule has 3 unspecified atom stereocenters. The van der Waals surface area contributed by atoms with Crippen molar-refractivity contribution in [3.63, 3.8) is 0 Å². The number of rotatable bonds is 8. The minimum absolute atomic E-state index is 0.0182. The summed E-state index contributed by atoms with van der Waals surface area (Å²) in [6.45, 7) is 4.45. The van der Waals surface area contributed by atoms with Crippen molar-refractivity contribution in [2.75, 3.05) is 13.2 Å². The molecule has 0 bridgehead atoms. The first-order valence-corrected chi connectivity index (χ1v) is 10.3. The fraction of sp³-hybridized carbons (Fsp3) is 0.476. The second-order valence-corrected chi connectivity index (χ2v) is 7.42. The number of ether oxygens (including phenoxy) is 5. The molecule has 9 heteroatoms. The van der Waals surface area contributed by atoms with Gasteiger partial charge in [0.15, 0.2) is 0 Å². The van der Waals surface area contributed by atoms with Gasteiger partial charge in [-0.15, -0.1) is 0 Å². The minimum atomic E-state index is -0.901. The number of carbonyl (C=O) groups excluding carboxylic acids is 3. The third-order valence-corrected chi connectivity index (χ3v) is 4.78. The second kappa shape index (κ2) is 11.7. The van der Waals surface area contributed by atoms with Crippen molar-refractivity contribution < 1.29 is 38.1 Å². The number of carbonyl (C=O) groups is 3. The van der Waals surface area contributed by atoms with Gasteiger partial charge in [0.05, 0.1) is 12.7 Å². The molecular weight excluding hydrogens is 460 g/mol. The zero-order chi connectivity index (χ0) is 22.1. The van der Waals surface area contributed by atoms with Gasteiger partial charge in [0.1, 0.15) is 12.7 Å². The fourth-order valence-electron chi connectivity index (χ4n) is 2.87. The fourth-order valence-corrected chi connectivity index (χ4v) is 3.27. The average molecular weight is 485 g/mol. The molecule has 1 aromatic rings. The topological polar surface area (TPSA) is 97.4 Å². The summed E-state index contributed by atoms with van der Waals surface area (Å²) in [7, 11) is 0. The molecule has 1 aliphatic rings. The summed E-state index contributed by atoms with van der Waals surface area (Å²) >= 11 is 3.43. The van der Waals surface area contributed by atoms with E-state index < -0.39 is 36.4 Å². The van der Waals surface area contributed by atoms with Crippen LogP contribution in [0.2, 0.25) is 0 Å². The van der Waals surface area contributed by atoms with Gasteiger partial charge < -0.3 is 23.7 Å². The van der Waals surface area contributed by atoms with E-state index >= 15 is 0 Å². The van der Waals surface area contributed by atoms with Gasteiger partial charge in [0.2, 0.25) is 12.0 Å². The van der Waals surface area contributed by atoms with Crippen LogP contribution in [0.4, 0.5) is 0 Å². The largest absolute Gasteiger partial charge is 0.463 e. The van der Waals surface area contributed by atoms with Crippen LogP contribution in [0, 0.1) is 0 Å². The summed E-state index contributed by atoms with van der Waals surface area (Å²) in [6.07, 6.45) is 0.139. The van der Waals surface area contributed by atoms with Crippen molar-refractivity contribution in [1.29, 1.82) is 0 Å². The summed E-state index contributed by atoms with van der Waals surface area (Å²) in [5, 5.41) is 0. The van der Waals surface area contributed by atoms with E-state index in [1.807, 2.05) is 18.2 Å². The normalized spacial score (nSPS) is 21.5. The molecule has 0 aromatic heterocycles. The third kappa shape index (κ3) is 7.79.